The monoisotopic (exact) mass is 598 g/mol. The molecule has 0 aromatic carbocycles. The van der Waals surface area contributed by atoms with Crippen LogP contribution < -0.4 is 0 Å². The van der Waals surface area contributed by atoms with Crippen LogP contribution in [0.3, 0.4) is 0 Å². The second-order valence-electron chi connectivity index (χ2n) is 14.3. The number of carbonyl (C=O) groups is 3. The number of fused-ring (bicyclic) bond motifs is 3. The van der Waals surface area contributed by atoms with Crippen molar-refractivity contribution in [3.63, 3.8) is 0 Å². The molecule has 0 amide bonds. The van der Waals surface area contributed by atoms with E-state index in [0.29, 0.717) is 30.3 Å². The summed E-state index contributed by atoms with van der Waals surface area (Å²) in [5.74, 6) is -2.24. The van der Waals surface area contributed by atoms with Crippen LogP contribution in [0.4, 0.5) is 0 Å². The number of aliphatic hydroxyl groups excluding tert-OH is 1. The summed E-state index contributed by atoms with van der Waals surface area (Å²) in [4.78, 5) is 40.6. The lowest BCUT2D eigenvalue weighted by Crippen LogP contribution is -2.79. The maximum atomic E-state index is 13.6. The lowest BCUT2D eigenvalue weighted by atomic mass is 9.28. The summed E-state index contributed by atoms with van der Waals surface area (Å²) in [6.45, 7) is 10.9. The number of unbranched alkanes of at least 4 members (excludes halogenated alkanes) is 4. The highest BCUT2D eigenvalue weighted by Crippen LogP contribution is 2.77. The average molecular weight is 598 g/mol. The Labute approximate surface area is 260 Å². The summed E-state index contributed by atoms with van der Waals surface area (Å²) >= 11 is 0. The molecular formula is C32H53B3O8. The van der Waals surface area contributed by atoms with Crippen molar-refractivity contribution in [2.45, 2.75) is 139 Å². The van der Waals surface area contributed by atoms with Gasteiger partial charge >= 0.3 is 11.9 Å². The van der Waals surface area contributed by atoms with Crippen molar-refractivity contribution in [2.24, 2.45) is 11.3 Å². The van der Waals surface area contributed by atoms with Gasteiger partial charge < -0.3 is 24.8 Å². The third-order valence-corrected chi connectivity index (χ3v) is 11.8. The van der Waals surface area contributed by atoms with Crippen LogP contribution >= 0.6 is 0 Å². The van der Waals surface area contributed by atoms with E-state index in [9.17, 15) is 29.7 Å². The van der Waals surface area contributed by atoms with Crippen LogP contribution in [0.25, 0.3) is 0 Å². The van der Waals surface area contributed by atoms with Gasteiger partial charge in [0, 0.05) is 35.9 Å². The molecule has 0 aliphatic heterocycles. The van der Waals surface area contributed by atoms with Crippen LogP contribution in [0, 0.1) is 11.3 Å². The van der Waals surface area contributed by atoms with Gasteiger partial charge in [-0.1, -0.05) is 72.5 Å². The molecular weight excluding hydrogens is 545 g/mol. The van der Waals surface area contributed by atoms with Crippen molar-refractivity contribution in [2.75, 3.05) is 6.61 Å². The SMILES string of the molecule is BC[C@@]1(OC(=O)CCCCC)C(OC(=O)CCCCC)[C@@H](C)[C@@]2(O)C(B)(C=C(CO)CC3(O)C(=O)C(C)=C[C@]32B)C1(C)C. The first-order valence-corrected chi connectivity index (χ1v) is 16.4. The van der Waals surface area contributed by atoms with Gasteiger partial charge in [0.05, 0.1) is 12.2 Å². The van der Waals surface area contributed by atoms with E-state index in [1.807, 2.05) is 36.5 Å². The Kier molecular flexibility index (Phi) is 10.4. The van der Waals surface area contributed by atoms with Crippen LogP contribution in [0.5, 0.6) is 0 Å². The Bertz CT molecular complexity index is 1170. The van der Waals surface area contributed by atoms with E-state index in [2.05, 4.69) is 6.92 Å². The zero-order valence-electron chi connectivity index (χ0n) is 28.0. The fourth-order valence-electron chi connectivity index (χ4n) is 9.02. The number of rotatable bonds is 12. The number of ether oxygens (including phenoxy) is 2. The minimum Gasteiger partial charge on any atom is -0.458 e. The summed E-state index contributed by atoms with van der Waals surface area (Å²) in [6, 6.07) is 0. The van der Waals surface area contributed by atoms with E-state index >= 15 is 0 Å². The quantitative estimate of drug-likeness (QED) is 0.135. The minimum atomic E-state index is -2.04. The molecule has 0 radical (unpaired) electrons. The summed E-state index contributed by atoms with van der Waals surface area (Å²) in [7, 11) is 5.45. The van der Waals surface area contributed by atoms with Crippen LogP contribution in [-0.4, -0.2) is 86.1 Å². The molecule has 11 heteroatoms. The fourth-order valence-corrected chi connectivity index (χ4v) is 9.02. The van der Waals surface area contributed by atoms with Gasteiger partial charge in [-0.25, -0.2) is 0 Å². The third kappa shape index (κ3) is 5.00. The molecule has 3 aliphatic carbocycles. The van der Waals surface area contributed by atoms with E-state index < -0.39 is 69.2 Å². The minimum absolute atomic E-state index is 0.162. The van der Waals surface area contributed by atoms with Gasteiger partial charge in [0.25, 0.3) is 0 Å². The van der Waals surface area contributed by atoms with E-state index in [1.54, 1.807) is 33.8 Å². The van der Waals surface area contributed by atoms with Crippen molar-refractivity contribution in [1.82, 2.24) is 0 Å². The molecule has 0 bridgehead atoms. The van der Waals surface area contributed by atoms with Crippen LogP contribution in [0.2, 0.25) is 16.9 Å². The Morgan fingerprint density at radius 2 is 1.53 bits per heavy atom. The van der Waals surface area contributed by atoms with Gasteiger partial charge in [-0.05, 0) is 42.5 Å². The van der Waals surface area contributed by atoms with Crippen molar-refractivity contribution < 1.29 is 39.2 Å². The molecule has 3 aliphatic rings. The summed E-state index contributed by atoms with van der Waals surface area (Å²) < 4.78 is 12.8. The van der Waals surface area contributed by atoms with E-state index in [1.165, 1.54) is 0 Å². The molecule has 238 valence electrons. The molecule has 3 unspecified atom stereocenters. The number of Topliss-reactive ketones (excluding diaryl/α,β-unsaturated/α-hetero) is 1. The highest BCUT2D eigenvalue weighted by Gasteiger charge is 2.81. The number of esters is 2. The topological polar surface area (TPSA) is 130 Å². The Balaban J connectivity index is 2.35. The zero-order valence-corrected chi connectivity index (χ0v) is 28.0. The Morgan fingerprint density at radius 1 is 0.977 bits per heavy atom. The van der Waals surface area contributed by atoms with Crippen molar-refractivity contribution in [3.05, 3.63) is 23.3 Å². The zero-order chi connectivity index (χ0) is 32.6. The van der Waals surface area contributed by atoms with Crippen molar-refractivity contribution in [3.8, 4) is 0 Å². The number of ketones is 1. The highest BCUT2D eigenvalue weighted by atomic mass is 16.6. The summed E-state index contributed by atoms with van der Waals surface area (Å²) in [5, 5.41) is 33.3. The molecule has 7 atom stereocenters. The van der Waals surface area contributed by atoms with Crippen LogP contribution in [-0.2, 0) is 23.9 Å². The molecule has 0 aromatic heterocycles. The van der Waals surface area contributed by atoms with Gasteiger partial charge in [0.15, 0.2) is 5.78 Å². The second kappa shape index (κ2) is 12.5. The maximum absolute atomic E-state index is 13.6. The average Bonchev–Trinajstić information content (AvgIpc) is 3.09. The lowest BCUT2D eigenvalue weighted by molar-refractivity contribution is -0.281. The van der Waals surface area contributed by atoms with Gasteiger partial charge in [-0.2, -0.15) is 0 Å². The molecule has 0 aromatic rings. The number of aliphatic hydroxyl groups is 3. The Hall–Kier alpha value is -1.84. The summed E-state index contributed by atoms with van der Waals surface area (Å²) in [6.07, 6.45) is 7.82. The number of hydrogen-bond donors (Lipinski definition) is 3. The number of carbonyl (C=O) groups excluding carboxylic acids is 3. The number of hydrogen-bond acceptors (Lipinski definition) is 8. The first-order chi connectivity index (χ1) is 19.9. The molecule has 0 heterocycles. The standard InChI is InChI=1S/C32H53B3O8/c1-7-9-11-13-23(37)42-26-21(4)32(41)30(34,27(5,6)29(26,19-33)43-24(38)14-12-10-8-2)17-22(18-36)16-28(40)25(39)20(3)15-31(28,32)35/h15,17,21,26,36,40-41H,7-14,16,18-19,33-35H2,1-6H3/t21-,26?,28?,29-,30?,31+,32-/m1/s1. The van der Waals surface area contributed by atoms with Gasteiger partial charge in [0.1, 0.15) is 40.8 Å². The maximum Gasteiger partial charge on any atom is 0.306 e. The van der Waals surface area contributed by atoms with E-state index in [-0.39, 0.29) is 19.3 Å². The van der Waals surface area contributed by atoms with Crippen molar-refractivity contribution >= 4 is 41.3 Å². The molecule has 1 saturated carbocycles. The molecule has 3 N–H and O–H groups in total. The normalized spacial score (nSPS) is 38.3. The van der Waals surface area contributed by atoms with Crippen LogP contribution in [0.15, 0.2) is 23.3 Å². The Morgan fingerprint density at radius 3 is 2.05 bits per heavy atom. The molecule has 0 saturated heterocycles. The molecule has 8 nitrogen and oxygen atoms in total. The van der Waals surface area contributed by atoms with Gasteiger partial charge in [-0.15, -0.1) is 0 Å². The first kappa shape index (κ1) is 35.6. The third-order valence-electron chi connectivity index (χ3n) is 11.8. The largest absolute Gasteiger partial charge is 0.458 e. The first-order valence-electron chi connectivity index (χ1n) is 16.4. The van der Waals surface area contributed by atoms with E-state index in [0.717, 1.165) is 25.7 Å². The molecule has 0 spiro atoms. The highest BCUT2D eigenvalue weighted by molar-refractivity contribution is 6.29. The van der Waals surface area contributed by atoms with Gasteiger partial charge in [-0.3, -0.25) is 14.4 Å². The fraction of sp³-hybridized carbons (Fsp3) is 0.781. The second-order valence-corrected chi connectivity index (χ2v) is 14.3. The smallest absolute Gasteiger partial charge is 0.306 e. The molecule has 3 rings (SSSR count). The predicted octanol–water partition coefficient (Wildman–Crippen LogP) is 1.97. The molecule has 43 heavy (non-hydrogen) atoms. The lowest BCUT2D eigenvalue weighted by Gasteiger charge is -2.72. The van der Waals surface area contributed by atoms with Crippen molar-refractivity contribution in [1.29, 1.82) is 0 Å². The van der Waals surface area contributed by atoms with Gasteiger partial charge in [0.2, 0.25) is 0 Å². The summed E-state index contributed by atoms with van der Waals surface area (Å²) in [5.41, 5.74) is -5.67. The predicted molar refractivity (Wildman–Crippen MR) is 174 cm³/mol. The van der Waals surface area contributed by atoms with Crippen LogP contribution in [0.1, 0.15) is 99.3 Å². The van der Waals surface area contributed by atoms with E-state index in [4.69, 9.17) is 9.47 Å². The molecule has 1 fully saturated rings.